The first-order chi connectivity index (χ1) is 12.2. The van der Waals surface area contributed by atoms with Gasteiger partial charge in [0.05, 0.1) is 25.8 Å². The van der Waals surface area contributed by atoms with Crippen molar-refractivity contribution in [2.75, 3.05) is 47.0 Å². The monoisotopic (exact) mass is 346 g/mol. The van der Waals surface area contributed by atoms with Gasteiger partial charge in [-0.15, -0.1) is 0 Å². The van der Waals surface area contributed by atoms with Crippen LogP contribution in [0.3, 0.4) is 0 Å². The Morgan fingerprint density at radius 3 is 2.84 bits per heavy atom. The zero-order chi connectivity index (χ0) is 17.6. The highest BCUT2D eigenvalue weighted by atomic mass is 16.5. The van der Waals surface area contributed by atoms with Crippen LogP contribution in [0, 0.1) is 0 Å². The molecule has 136 valence electrons. The molecule has 1 atom stereocenters. The van der Waals surface area contributed by atoms with Crippen molar-refractivity contribution in [3.63, 3.8) is 0 Å². The van der Waals surface area contributed by atoms with E-state index in [-0.39, 0.29) is 0 Å². The van der Waals surface area contributed by atoms with Crippen LogP contribution in [0.5, 0.6) is 5.75 Å². The maximum atomic E-state index is 5.46. The summed E-state index contributed by atoms with van der Waals surface area (Å²) in [5.41, 5.74) is 0.845. The first-order valence-electron chi connectivity index (χ1n) is 8.62. The van der Waals surface area contributed by atoms with Crippen LogP contribution in [0.2, 0.25) is 0 Å². The van der Waals surface area contributed by atoms with Crippen LogP contribution in [0.4, 0.5) is 0 Å². The number of rotatable bonds is 7. The number of methoxy groups -OCH3 is 2. The zero-order valence-electron chi connectivity index (χ0n) is 15.1. The number of hydrogen-bond donors (Lipinski definition) is 0. The van der Waals surface area contributed by atoms with Gasteiger partial charge in [-0.3, -0.25) is 9.80 Å². The largest absolute Gasteiger partial charge is 0.496 e. The van der Waals surface area contributed by atoms with Crippen LogP contribution in [0.25, 0.3) is 11.4 Å². The lowest BCUT2D eigenvalue weighted by molar-refractivity contribution is 0.0512. The van der Waals surface area contributed by atoms with E-state index in [2.05, 4.69) is 26.9 Å². The summed E-state index contributed by atoms with van der Waals surface area (Å²) in [4.78, 5) is 9.35. The number of aromatic nitrogens is 2. The summed E-state index contributed by atoms with van der Waals surface area (Å²) in [5.74, 6) is 1.95. The molecule has 3 rings (SSSR count). The van der Waals surface area contributed by atoms with E-state index in [1.54, 1.807) is 14.2 Å². The predicted octanol–water partition coefficient (Wildman–Crippen LogP) is 1.90. The fraction of sp³-hybridized carbons (Fsp3) is 0.556. The summed E-state index contributed by atoms with van der Waals surface area (Å²) < 4.78 is 16.0. The second-order valence-electron chi connectivity index (χ2n) is 6.32. The summed E-state index contributed by atoms with van der Waals surface area (Å²) in [6.45, 7) is 7.66. The van der Waals surface area contributed by atoms with E-state index in [4.69, 9.17) is 14.0 Å². The molecule has 1 fully saturated rings. The summed E-state index contributed by atoms with van der Waals surface area (Å²) in [5, 5.41) is 4.12. The summed E-state index contributed by atoms with van der Waals surface area (Å²) in [6.07, 6.45) is 0. The smallest absolute Gasteiger partial charge is 0.241 e. The van der Waals surface area contributed by atoms with Crippen LogP contribution < -0.4 is 4.74 Å². The minimum absolute atomic E-state index is 0.487. The molecule has 1 aromatic carbocycles. The van der Waals surface area contributed by atoms with E-state index in [0.717, 1.165) is 44.1 Å². The number of hydrogen-bond acceptors (Lipinski definition) is 7. The van der Waals surface area contributed by atoms with Crippen LogP contribution in [0.1, 0.15) is 12.8 Å². The molecule has 0 spiro atoms. The molecule has 1 aliphatic rings. The van der Waals surface area contributed by atoms with Gasteiger partial charge in [0.1, 0.15) is 5.75 Å². The Labute approximate surface area is 148 Å². The van der Waals surface area contributed by atoms with Gasteiger partial charge < -0.3 is 14.0 Å². The van der Waals surface area contributed by atoms with Gasteiger partial charge in [-0.05, 0) is 19.1 Å². The molecule has 1 aromatic heterocycles. The van der Waals surface area contributed by atoms with Gasteiger partial charge >= 0.3 is 0 Å². The third kappa shape index (κ3) is 4.36. The minimum Gasteiger partial charge on any atom is -0.496 e. The molecule has 0 saturated carbocycles. The van der Waals surface area contributed by atoms with Crippen LogP contribution in [0.15, 0.2) is 28.8 Å². The molecule has 1 saturated heterocycles. The molecule has 0 amide bonds. The quantitative estimate of drug-likeness (QED) is 0.758. The molecule has 7 nitrogen and oxygen atoms in total. The molecule has 0 N–H and O–H groups in total. The molecular formula is C18H26N4O3. The molecule has 7 heteroatoms. The van der Waals surface area contributed by atoms with Crippen molar-refractivity contribution in [1.82, 2.24) is 19.9 Å². The Bertz CT molecular complexity index is 676. The van der Waals surface area contributed by atoms with Gasteiger partial charge in [-0.25, -0.2) is 0 Å². The number of para-hydroxylation sites is 1. The van der Waals surface area contributed by atoms with Gasteiger partial charge in [0.2, 0.25) is 11.7 Å². The summed E-state index contributed by atoms with van der Waals surface area (Å²) >= 11 is 0. The van der Waals surface area contributed by atoms with Gasteiger partial charge in [0.25, 0.3) is 0 Å². The second kappa shape index (κ2) is 8.42. The molecule has 2 heterocycles. The van der Waals surface area contributed by atoms with Crippen molar-refractivity contribution in [2.24, 2.45) is 0 Å². The van der Waals surface area contributed by atoms with Crippen LogP contribution >= 0.6 is 0 Å². The third-order valence-electron chi connectivity index (χ3n) is 4.61. The van der Waals surface area contributed by atoms with Crippen molar-refractivity contribution < 1.29 is 14.0 Å². The lowest BCUT2D eigenvalue weighted by Crippen LogP contribution is -2.52. The normalized spacial score (nSPS) is 19.2. The molecule has 0 aliphatic carbocycles. The molecule has 2 aromatic rings. The summed E-state index contributed by atoms with van der Waals surface area (Å²) in [6, 6.07) is 8.18. The van der Waals surface area contributed by atoms with Crippen molar-refractivity contribution >= 4 is 0 Å². The third-order valence-corrected chi connectivity index (χ3v) is 4.61. The fourth-order valence-corrected chi connectivity index (χ4v) is 3.20. The number of nitrogens with zero attached hydrogens (tertiary/aromatic N) is 4. The van der Waals surface area contributed by atoms with E-state index in [0.29, 0.717) is 24.3 Å². The van der Waals surface area contributed by atoms with Crippen molar-refractivity contribution in [3.8, 4) is 17.1 Å². The number of benzene rings is 1. The Morgan fingerprint density at radius 2 is 2.08 bits per heavy atom. The van der Waals surface area contributed by atoms with Gasteiger partial charge in [-0.1, -0.05) is 17.3 Å². The highest BCUT2D eigenvalue weighted by Gasteiger charge is 2.24. The highest BCUT2D eigenvalue weighted by Crippen LogP contribution is 2.27. The fourth-order valence-electron chi connectivity index (χ4n) is 3.20. The molecular weight excluding hydrogens is 320 g/mol. The molecule has 25 heavy (non-hydrogen) atoms. The maximum absolute atomic E-state index is 5.46. The topological polar surface area (TPSA) is 63.9 Å². The van der Waals surface area contributed by atoms with Crippen LogP contribution in [-0.4, -0.2) is 73.0 Å². The Kier molecular flexibility index (Phi) is 6.01. The van der Waals surface area contributed by atoms with Gasteiger partial charge in [0.15, 0.2) is 0 Å². The average Bonchev–Trinajstić information content (AvgIpc) is 3.09. The van der Waals surface area contributed by atoms with Crippen molar-refractivity contribution in [2.45, 2.75) is 19.5 Å². The Morgan fingerprint density at radius 1 is 1.24 bits per heavy atom. The van der Waals surface area contributed by atoms with Crippen LogP contribution in [-0.2, 0) is 11.3 Å². The molecule has 0 unspecified atom stereocenters. The lowest BCUT2D eigenvalue weighted by Gasteiger charge is -2.39. The maximum Gasteiger partial charge on any atom is 0.241 e. The van der Waals surface area contributed by atoms with E-state index < -0.39 is 0 Å². The Balaban J connectivity index is 1.61. The standard InChI is InChI=1S/C18H26N4O3/c1-14-12-21(8-9-22(14)10-11-23-2)13-17-19-18(20-25-17)15-6-4-5-7-16(15)24-3/h4-7,14H,8-13H2,1-3H3/t14-/m1/s1. The second-order valence-corrected chi connectivity index (χ2v) is 6.32. The van der Waals surface area contributed by atoms with Crippen molar-refractivity contribution in [3.05, 3.63) is 30.2 Å². The van der Waals surface area contributed by atoms with E-state index in [1.807, 2.05) is 24.3 Å². The summed E-state index contributed by atoms with van der Waals surface area (Å²) in [7, 11) is 3.39. The first-order valence-corrected chi connectivity index (χ1v) is 8.62. The number of piperazine rings is 1. The molecule has 1 aliphatic heterocycles. The zero-order valence-corrected chi connectivity index (χ0v) is 15.1. The SMILES string of the molecule is COCCN1CCN(Cc2nc(-c3ccccc3OC)no2)C[C@H]1C. The molecule has 0 radical (unpaired) electrons. The van der Waals surface area contributed by atoms with Gasteiger partial charge in [0, 0.05) is 39.3 Å². The van der Waals surface area contributed by atoms with Gasteiger partial charge in [-0.2, -0.15) is 4.98 Å². The Hall–Kier alpha value is -1.96. The van der Waals surface area contributed by atoms with Crippen molar-refractivity contribution in [1.29, 1.82) is 0 Å². The predicted molar refractivity (Wildman–Crippen MR) is 94.5 cm³/mol. The van der Waals surface area contributed by atoms with E-state index in [1.165, 1.54) is 0 Å². The van der Waals surface area contributed by atoms with E-state index in [9.17, 15) is 0 Å². The average molecular weight is 346 g/mol. The highest BCUT2D eigenvalue weighted by molar-refractivity contribution is 5.63. The first kappa shape index (κ1) is 17.8. The lowest BCUT2D eigenvalue weighted by atomic mass is 10.2. The van der Waals surface area contributed by atoms with E-state index >= 15 is 0 Å². The minimum atomic E-state index is 0.487. The number of ether oxygens (including phenoxy) is 2. The molecule has 0 bridgehead atoms.